The van der Waals surface area contributed by atoms with Gasteiger partial charge in [0.05, 0.1) is 6.04 Å². The molecule has 1 aromatic rings. The van der Waals surface area contributed by atoms with E-state index in [0.717, 1.165) is 38.8 Å². The van der Waals surface area contributed by atoms with Crippen LogP contribution in [-0.4, -0.2) is 57.8 Å². The molecule has 2 saturated heterocycles. The zero-order valence-corrected chi connectivity index (χ0v) is 14.5. The Hall–Kier alpha value is -1.47. The monoisotopic (exact) mass is 336 g/mol. The van der Waals surface area contributed by atoms with E-state index in [9.17, 15) is 9.59 Å². The van der Waals surface area contributed by atoms with Crippen molar-refractivity contribution in [3.63, 3.8) is 0 Å². The van der Waals surface area contributed by atoms with Gasteiger partial charge in [0, 0.05) is 37.1 Å². The molecule has 126 valence electrons. The van der Waals surface area contributed by atoms with Crippen molar-refractivity contribution < 1.29 is 9.59 Å². The van der Waals surface area contributed by atoms with Crippen molar-refractivity contribution >= 4 is 28.3 Å². The van der Waals surface area contributed by atoms with Gasteiger partial charge in [-0.2, -0.15) is 0 Å². The minimum atomic E-state index is -0.208. The Bertz CT molecular complexity index is 562. The van der Waals surface area contributed by atoms with E-state index in [4.69, 9.17) is 0 Å². The highest BCUT2D eigenvalue weighted by Gasteiger charge is 2.41. The van der Waals surface area contributed by atoms with Crippen molar-refractivity contribution in [2.45, 2.75) is 57.7 Å². The molecule has 2 aliphatic rings. The van der Waals surface area contributed by atoms with Crippen LogP contribution in [0.15, 0.2) is 11.6 Å². The van der Waals surface area contributed by atoms with Gasteiger partial charge in [-0.3, -0.25) is 14.5 Å². The molecule has 0 spiro atoms. The van der Waals surface area contributed by atoms with E-state index in [1.165, 1.54) is 11.3 Å². The number of nitrogens with zero attached hydrogens (tertiary/aromatic N) is 3. The van der Waals surface area contributed by atoms with Crippen LogP contribution in [0.3, 0.4) is 0 Å². The van der Waals surface area contributed by atoms with Crippen LogP contribution in [0, 0.1) is 0 Å². The number of hydrogen-bond donors (Lipinski definition) is 1. The Kier molecular flexibility index (Phi) is 4.96. The second-order valence-electron chi connectivity index (χ2n) is 6.37. The van der Waals surface area contributed by atoms with Crippen LogP contribution in [0.2, 0.25) is 0 Å². The van der Waals surface area contributed by atoms with Gasteiger partial charge in [0.15, 0.2) is 5.13 Å². The van der Waals surface area contributed by atoms with Gasteiger partial charge in [0.1, 0.15) is 0 Å². The molecule has 3 rings (SSSR count). The van der Waals surface area contributed by atoms with Crippen molar-refractivity contribution in [2.75, 3.05) is 18.4 Å². The van der Waals surface area contributed by atoms with E-state index in [1.54, 1.807) is 13.1 Å². The molecule has 1 aromatic heterocycles. The molecule has 2 fully saturated rings. The molecule has 0 aliphatic carbocycles. The van der Waals surface area contributed by atoms with Gasteiger partial charge in [-0.25, -0.2) is 4.98 Å². The molecular formula is C16H24N4O2S. The molecule has 3 heterocycles. The fourth-order valence-electron chi connectivity index (χ4n) is 3.94. The normalized spacial score (nSPS) is 26.4. The van der Waals surface area contributed by atoms with Gasteiger partial charge in [-0.15, -0.1) is 11.3 Å². The number of carbonyl (C=O) groups excluding carboxylic acids is 2. The molecule has 2 aliphatic heterocycles. The molecule has 7 heteroatoms. The minimum absolute atomic E-state index is 0.0146. The van der Waals surface area contributed by atoms with Crippen molar-refractivity contribution in [1.29, 1.82) is 0 Å². The van der Waals surface area contributed by atoms with Crippen molar-refractivity contribution in [3.8, 4) is 0 Å². The molecule has 6 nitrogen and oxygen atoms in total. The highest BCUT2D eigenvalue weighted by atomic mass is 32.1. The fourth-order valence-corrected chi connectivity index (χ4v) is 4.47. The van der Waals surface area contributed by atoms with E-state index in [0.29, 0.717) is 11.2 Å². The number of carbonyl (C=O) groups is 2. The number of likely N-dealkylation sites (tertiary alicyclic amines) is 2. The summed E-state index contributed by atoms with van der Waals surface area (Å²) in [6, 6.07) is 0.337. The standard InChI is InChI=1S/C16H24N4O2S/c1-11(15(22)18-16-17-7-10-23-16)19-8-3-5-13(19)14-6-4-9-20(14)12(2)21/h7,10-11,13-14H,3-6,8-9H2,1-2H3,(H,17,18,22)/t11-,13+,14-/m1/s1. The first-order valence-electron chi connectivity index (χ1n) is 8.31. The second kappa shape index (κ2) is 6.97. The van der Waals surface area contributed by atoms with Gasteiger partial charge in [0.2, 0.25) is 11.8 Å². The molecule has 0 unspecified atom stereocenters. The van der Waals surface area contributed by atoms with E-state index in [-0.39, 0.29) is 23.9 Å². The van der Waals surface area contributed by atoms with Crippen molar-refractivity contribution in [1.82, 2.24) is 14.8 Å². The molecule has 23 heavy (non-hydrogen) atoms. The van der Waals surface area contributed by atoms with Gasteiger partial charge in [-0.05, 0) is 39.2 Å². The highest BCUT2D eigenvalue weighted by molar-refractivity contribution is 7.13. The summed E-state index contributed by atoms with van der Waals surface area (Å²) in [5, 5.41) is 5.38. The van der Waals surface area contributed by atoms with Gasteiger partial charge in [0.25, 0.3) is 0 Å². The molecule has 1 N–H and O–H groups in total. The summed E-state index contributed by atoms with van der Waals surface area (Å²) >= 11 is 1.43. The largest absolute Gasteiger partial charge is 0.338 e. The van der Waals surface area contributed by atoms with E-state index in [1.807, 2.05) is 17.2 Å². The summed E-state index contributed by atoms with van der Waals surface area (Å²) in [5.74, 6) is 0.137. The lowest BCUT2D eigenvalue weighted by atomic mass is 10.0. The van der Waals surface area contributed by atoms with Crippen LogP contribution in [0.5, 0.6) is 0 Å². The summed E-state index contributed by atoms with van der Waals surface area (Å²) in [5.41, 5.74) is 0. The minimum Gasteiger partial charge on any atom is -0.338 e. The maximum Gasteiger partial charge on any atom is 0.243 e. The molecule has 2 amide bonds. The quantitative estimate of drug-likeness (QED) is 0.913. The lowest BCUT2D eigenvalue weighted by Crippen LogP contribution is -2.53. The number of nitrogens with one attached hydrogen (secondary N) is 1. The van der Waals surface area contributed by atoms with Crippen LogP contribution < -0.4 is 5.32 Å². The number of hydrogen-bond acceptors (Lipinski definition) is 5. The number of aromatic nitrogens is 1. The van der Waals surface area contributed by atoms with E-state index >= 15 is 0 Å². The summed E-state index contributed by atoms with van der Waals surface area (Å²) < 4.78 is 0. The molecular weight excluding hydrogens is 312 g/mol. The summed E-state index contributed by atoms with van der Waals surface area (Å²) in [6.07, 6.45) is 5.94. The first-order valence-corrected chi connectivity index (χ1v) is 9.19. The number of thiazole rings is 1. The van der Waals surface area contributed by atoms with Crippen molar-refractivity contribution in [2.24, 2.45) is 0 Å². The van der Waals surface area contributed by atoms with Crippen LogP contribution in [0.25, 0.3) is 0 Å². The summed E-state index contributed by atoms with van der Waals surface area (Å²) in [7, 11) is 0. The third kappa shape index (κ3) is 3.40. The van der Waals surface area contributed by atoms with E-state index < -0.39 is 0 Å². The number of rotatable bonds is 4. The SMILES string of the molecule is CC(=O)N1CCC[C@@H]1[C@@H]1CCCN1[C@H](C)C(=O)Nc1nccs1. The van der Waals surface area contributed by atoms with Gasteiger partial charge in [-0.1, -0.05) is 0 Å². The predicted molar refractivity (Wildman–Crippen MR) is 90.3 cm³/mol. The van der Waals surface area contributed by atoms with Crippen LogP contribution in [-0.2, 0) is 9.59 Å². The Morgan fingerprint density at radius 2 is 2.04 bits per heavy atom. The maximum atomic E-state index is 12.5. The topological polar surface area (TPSA) is 65.5 Å². The average molecular weight is 336 g/mol. The molecule has 0 bridgehead atoms. The zero-order chi connectivity index (χ0) is 16.4. The second-order valence-corrected chi connectivity index (χ2v) is 7.27. The fraction of sp³-hybridized carbons (Fsp3) is 0.688. The first kappa shape index (κ1) is 16.4. The van der Waals surface area contributed by atoms with Crippen LogP contribution in [0.1, 0.15) is 39.5 Å². The predicted octanol–water partition coefficient (Wildman–Crippen LogP) is 1.95. The number of amides is 2. The smallest absolute Gasteiger partial charge is 0.243 e. The van der Waals surface area contributed by atoms with E-state index in [2.05, 4.69) is 15.2 Å². The summed E-state index contributed by atoms with van der Waals surface area (Å²) in [6.45, 7) is 5.37. The Morgan fingerprint density at radius 3 is 2.74 bits per heavy atom. The average Bonchev–Trinajstić information content (AvgIpc) is 3.26. The first-order chi connectivity index (χ1) is 11.1. The molecule has 3 atom stereocenters. The van der Waals surface area contributed by atoms with Crippen LogP contribution >= 0.6 is 11.3 Å². The summed E-state index contributed by atoms with van der Waals surface area (Å²) in [4.78, 5) is 32.7. The lowest BCUT2D eigenvalue weighted by Gasteiger charge is -2.37. The number of anilines is 1. The molecule has 0 aromatic carbocycles. The highest BCUT2D eigenvalue weighted by Crippen LogP contribution is 2.31. The van der Waals surface area contributed by atoms with Crippen LogP contribution in [0.4, 0.5) is 5.13 Å². The van der Waals surface area contributed by atoms with Crippen molar-refractivity contribution in [3.05, 3.63) is 11.6 Å². The van der Waals surface area contributed by atoms with Gasteiger partial charge >= 0.3 is 0 Å². The Balaban J connectivity index is 1.68. The third-order valence-corrected chi connectivity index (χ3v) is 5.72. The lowest BCUT2D eigenvalue weighted by molar-refractivity contribution is -0.131. The van der Waals surface area contributed by atoms with Gasteiger partial charge < -0.3 is 10.2 Å². The third-order valence-electron chi connectivity index (χ3n) is 5.03. The maximum absolute atomic E-state index is 12.5. The Labute approximate surface area is 140 Å². The molecule has 0 radical (unpaired) electrons. The molecule has 0 saturated carbocycles. The zero-order valence-electron chi connectivity index (χ0n) is 13.7. The Morgan fingerprint density at radius 1 is 1.30 bits per heavy atom.